The Morgan fingerprint density at radius 1 is 1.15 bits per heavy atom. The number of rotatable bonds is 5. The number of amides is 1. The Hall–Kier alpha value is -3.02. The average molecular weight is 368 g/mol. The van der Waals surface area contributed by atoms with Crippen molar-refractivity contribution in [1.82, 2.24) is 9.88 Å². The number of aryl methyl sites for hydroxylation is 2. The lowest BCUT2D eigenvalue weighted by atomic mass is 10.1. The molecule has 0 bridgehead atoms. The number of hydrogen-bond acceptors (Lipinski definition) is 5. The van der Waals surface area contributed by atoms with Crippen molar-refractivity contribution in [2.45, 2.75) is 27.3 Å². The molecule has 0 N–H and O–H groups in total. The minimum atomic E-state index is -0.191. The molecule has 0 fully saturated rings. The number of ether oxygens (including phenoxy) is 2. The number of nitrogens with zero attached hydrogens (tertiary/aromatic N) is 2. The highest BCUT2D eigenvalue weighted by molar-refractivity contribution is 5.99. The number of benzene rings is 1. The van der Waals surface area contributed by atoms with Crippen molar-refractivity contribution in [3.05, 3.63) is 52.5 Å². The van der Waals surface area contributed by atoms with Gasteiger partial charge in [-0.05, 0) is 39.0 Å². The van der Waals surface area contributed by atoms with E-state index in [1.165, 1.54) is 0 Å². The van der Waals surface area contributed by atoms with Gasteiger partial charge in [0.15, 0.2) is 5.76 Å². The van der Waals surface area contributed by atoms with Gasteiger partial charge in [-0.15, -0.1) is 0 Å². The van der Waals surface area contributed by atoms with E-state index < -0.39 is 0 Å². The zero-order valence-corrected chi connectivity index (χ0v) is 16.5. The van der Waals surface area contributed by atoms with Crippen LogP contribution in [-0.2, 0) is 6.54 Å². The van der Waals surface area contributed by atoms with Crippen LogP contribution in [0.4, 0.5) is 0 Å². The van der Waals surface area contributed by atoms with Crippen molar-refractivity contribution in [2.75, 3.05) is 21.3 Å². The van der Waals surface area contributed by atoms with Gasteiger partial charge in [-0.2, -0.15) is 0 Å². The molecule has 0 aliphatic carbocycles. The van der Waals surface area contributed by atoms with Crippen molar-refractivity contribution in [3.8, 4) is 11.5 Å². The van der Waals surface area contributed by atoms with Gasteiger partial charge in [-0.3, -0.25) is 9.78 Å². The van der Waals surface area contributed by atoms with Crippen LogP contribution < -0.4 is 9.47 Å². The van der Waals surface area contributed by atoms with Crippen LogP contribution in [0.5, 0.6) is 11.5 Å². The van der Waals surface area contributed by atoms with Crippen LogP contribution in [0, 0.1) is 20.8 Å². The molecule has 0 aliphatic heterocycles. The molecule has 3 aromatic rings. The number of hydrogen-bond donors (Lipinski definition) is 0. The molecule has 3 rings (SSSR count). The maximum absolute atomic E-state index is 13.0. The first kappa shape index (κ1) is 18.8. The van der Waals surface area contributed by atoms with Crippen LogP contribution in [-0.4, -0.2) is 37.1 Å². The average Bonchev–Trinajstić information content (AvgIpc) is 2.99. The first-order valence-electron chi connectivity index (χ1n) is 8.69. The fraction of sp³-hybridized carbons (Fsp3) is 0.333. The Morgan fingerprint density at radius 3 is 2.56 bits per heavy atom. The second-order valence-corrected chi connectivity index (χ2v) is 6.63. The summed E-state index contributed by atoms with van der Waals surface area (Å²) in [6, 6.07) is 5.51. The molecular formula is C21H24N2O4. The number of carbonyl (C=O) groups excluding carboxylic acids is 1. The smallest absolute Gasteiger partial charge is 0.289 e. The fourth-order valence-corrected chi connectivity index (χ4v) is 3.23. The van der Waals surface area contributed by atoms with E-state index in [-0.39, 0.29) is 5.91 Å². The molecule has 0 spiro atoms. The van der Waals surface area contributed by atoms with Crippen molar-refractivity contribution in [3.63, 3.8) is 0 Å². The Morgan fingerprint density at radius 2 is 1.89 bits per heavy atom. The van der Waals surface area contributed by atoms with E-state index in [4.69, 9.17) is 13.9 Å². The first-order chi connectivity index (χ1) is 12.9. The third-order valence-corrected chi connectivity index (χ3v) is 4.82. The summed E-state index contributed by atoms with van der Waals surface area (Å²) in [5, 5.41) is 0.873. The zero-order chi connectivity index (χ0) is 19.7. The van der Waals surface area contributed by atoms with Crippen LogP contribution in [0.15, 0.2) is 28.8 Å². The zero-order valence-electron chi connectivity index (χ0n) is 16.5. The predicted octanol–water partition coefficient (Wildman–Crippen LogP) is 4.04. The molecule has 27 heavy (non-hydrogen) atoms. The highest BCUT2D eigenvalue weighted by atomic mass is 16.5. The quantitative estimate of drug-likeness (QED) is 0.680. The lowest BCUT2D eigenvalue weighted by Crippen LogP contribution is -2.27. The summed E-state index contributed by atoms with van der Waals surface area (Å²) in [5.41, 5.74) is 4.16. The monoisotopic (exact) mass is 368 g/mol. The summed E-state index contributed by atoms with van der Waals surface area (Å²) in [6.45, 7) is 6.14. The number of furan rings is 1. The minimum Gasteiger partial charge on any atom is -0.497 e. The van der Waals surface area contributed by atoms with E-state index in [0.717, 1.165) is 39.3 Å². The summed E-state index contributed by atoms with van der Waals surface area (Å²) >= 11 is 0. The third-order valence-electron chi connectivity index (χ3n) is 4.82. The van der Waals surface area contributed by atoms with E-state index in [0.29, 0.717) is 17.9 Å². The maximum Gasteiger partial charge on any atom is 0.289 e. The standard InChI is InChI=1S/C21H24N2O4/c1-12-10-22-17(14(3)19(12)26-6)11-23(4)21(24)20-13(2)16-9-15(25-5)7-8-18(16)27-20/h7-10H,11H2,1-6H3. The van der Waals surface area contributed by atoms with E-state index in [1.54, 1.807) is 32.4 Å². The molecule has 6 heteroatoms. The molecule has 142 valence electrons. The van der Waals surface area contributed by atoms with Gasteiger partial charge in [0.1, 0.15) is 17.1 Å². The number of fused-ring (bicyclic) bond motifs is 1. The Kier molecular flexibility index (Phi) is 5.08. The second-order valence-electron chi connectivity index (χ2n) is 6.63. The largest absolute Gasteiger partial charge is 0.497 e. The fourth-order valence-electron chi connectivity index (χ4n) is 3.23. The molecule has 0 atom stereocenters. The SMILES string of the molecule is COc1ccc2oc(C(=O)N(C)Cc3ncc(C)c(OC)c3C)c(C)c2c1. The molecule has 1 amide bonds. The molecule has 2 aromatic heterocycles. The minimum absolute atomic E-state index is 0.191. The lowest BCUT2D eigenvalue weighted by Gasteiger charge is -2.18. The molecule has 0 saturated heterocycles. The van der Waals surface area contributed by atoms with Crippen LogP contribution in [0.1, 0.15) is 32.9 Å². The molecule has 0 unspecified atom stereocenters. The highest BCUT2D eigenvalue weighted by Crippen LogP contribution is 2.30. The Balaban J connectivity index is 1.90. The summed E-state index contributed by atoms with van der Waals surface area (Å²) in [5.74, 6) is 1.67. The molecule has 2 heterocycles. The van der Waals surface area contributed by atoms with Crippen LogP contribution in [0.25, 0.3) is 11.0 Å². The van der Waals surface area contributed by atoms with E-state index in [1.807, 2.05) is 39.0 Å². The normalized spacial score (nSPS) is 10.9. The van der Waals surface area contributed by atoms with Crippen LogP contribution in [0.2, 0.25) is 0 Å². The summed E-state index contributed by atoms with van der Waals surface area (Å²) in [4.78, 5) is 19.0. The van der Waals surface area contributed by atoms with Crippen molar-refractivity contribution >= 4 is 16.9 Å². The lowest BCUT2D eigenvalue weighted by molar-refractivity contribution is 0.0753. The van der Waals surface area contributed by atoms with Gasteiger partial charge in [0.2, 0.25) is 0 Å². The molecule has 0 saturated carbocycles. The summed E-state index contributed by atoms with van der Waals surface area (Å²) < 4.78 is 16.5. The van der Waals surface area contributed by atoms with E-state index >= 15 is 0 Å². The second kappa shape index (κ2) is 7.31. The molecule has 1 aromatic carbocycles. The molecular weight excluding hydrogens is 344 g/mol. The van der Waals surface area contributed by atoms with Gasteiger partial charge >= 0.3 is 0 Å². The van der Waals surface area contributed by atoms with Crippen LogP contribution in [0.3, 0.4) is 0 Å². The van der Waals surface area contributed by atoms with Crippen molar-refractivity contribution in [1.29, 1.82) is 0 Å². The summed E-state index contributed by atoms with van der Waals surface area (Å²) in [6.07, 6.45) is 1.76. The molecule has 0 radical (unpaired) electrons. The molecule has 0 aliphatic rings. The number of carbonyl (C=O) groups is 1. The topological polar surface area (TPSA) is 64.8 Å². The number of pyridine rings is 1. The Bertz CT molecular complexity index is 1010. The maximum atomic E-state index is 13.0. The Labute approximate surface area is 158 Å². The van der Waals surface area contributed by atoms with Gasteiger partial charge in [0, 0.05) is 35.3 Å². The van der Waals surface area contributed by atoms with E-state index in [2.05, 4.69) is 4.98 Å². The van der Waals surface area contributed by atoms with Crippen molar-refractivity contribution < 1.29 is 18.7 Å². The molecule has 6 nitrogen and oxygen atoms in total. The van der Waals surface area contributed by atoms with Crippen molar-refractivity contribution in [2.24, 2.45) is 0 Å². The number of methoxy groups -OCH3 is 2. The number of aromatic nitrogens is 1. The van der Waals surface area contributed by atoms with Crippen LogP contribution >= 0.6 is 0 Å². The van der Waals surface area contributed by atoms with Gasteiger partial charge in [0.25, 0.3) is 5.91 Å². The highest BCUT2D eigenvalue weighted by Gasteiger charge is 2.23. The van der Waals surface area contributed by atoms with Gasteiger partial charge in [-0.25, -0.2) is 0 Å². The van der Waals surface area contributed by atoms with Gasteiger partial charge in [0.05, 0.1) is 26.5 Å². The predicted molar refractivity (Wildman–Crippen MR) is 104 cm³/mol. The first-order valence-corrected chi connectivity index (χ1v) is 8.69. The van der Waals surface area contributed by atoms with Gasteiger partial charge < -0.3 is 18.8 Å². The summed E-state index contributed by atoms with van der Waals surface area (Å²) in [7, 11) is 4.99. The van der Waals surface area contributed by atoms with E-state index in [9.17, 15) is 4.79 Å². The third kappa shape index (κ3) is 3.35. The van der Waals surface area contributed by atoms with Gasteiger partial charge in [-0.1, -0.05) is 0 Å².